The molecule has 1 fully saturated rings. The summed E-state index contributed by atoms with van der Waals surface area (Å²) in [5.41, 5.74) is 1.00. The van der Waals surface area contributed by atoms with Crippen LogP contribution in [0, 0.1) is 0 Å². The summed E-state index contributed by atoms with van der Waals surface area (Å²) >= 11 is 0. The summed E-state index contributed by atoms with van der Waals surface area (Å²) < 4.78 is 40.2. The van der Waals surface area contributed by atoms with E-state index in [1.54, 1.807) is 12.3 Å². The van der Waals surface area contributed by atoms with E-state index in [0.29, 0.717) is 17.3 Å². The number of rotatable bonds is 5. The minimum Gasteiger partial charge on any atom is -0.406 e. The number of piperidine rings is 1. The Morgan fingerprint density at radius 1 is 1.11 bits per heavy atom. The zero-order valence-corrected chi connectivity index (χ0v) is 15.0. The minimum atomic E-state index is -4.75. The average Bonchev–Trinajstić information content (AvgIpc) is 2.68. The van der Waals surface area contributed by atoms with Crippen LogP contribution in [0.3, 0.4) is 0 Å². The first-order valence-electron chi connectivity index (χ1n) is 8.86. The zero-order valence-electron chi connectivity index (χ0n) is 15.0. The number of hydrogen-bond acceptors (Lipinski definition) is 5. The van der Waals surface area contributed by atoms with Gasteiger partial charge in [0.05, 0.1) is 12.2 Å². The molecule has 0 spiro atoms. The lowest BCUT2D eigenvalue weighted by Crippen LogP contribution is -2.32. The lowest BCUT2D eigenvalue weighted by molar-refractivity contribution is -0.274. The highest BCUT2D eigenvalue weighted by Crippen LogP contribution is 2.24. The molecule has 0 bridgehead atoms. The Bertz CT molecular complexity index is 793. The van der Waals surface area contributed by atoms with Crippen LogP contribution in [0.15, 0.2) is 36.5 Å². The average molecular weight is 395 g/mol. The number of nitrogens with zero attached hydrogens (tertiary/aromatic N) is 3. The van der Waals surface area contributed by atoms with Gasteiger partial charge < -0.3 is 20.3 Å². The fourth-order valence-corrected chi connectivity index (χ4v) is 2.82. The molecule has 0 atom stereocenters. The number of alkyl halides is 3. The predicted molar refractivity (Wildman–Crippen MR) is 97.1 cm³/mol. The van der Waals surface area contributed by atoms with E-state index >= 15 is 0 Å². The summed E-state index contributed by atoms with van der Waals surface area (Å²) in [6.45, 7) is 2.04. The number of nitrogens with one attached hydrogen (secondary N) is 2. The number of carbonyl (C=O) groups excluding carboxylic acids is 1. The Balaban J connectivity index is 1.50. The van der Waals surface area contributed by atoms with Gasteiger partial charge >= 0.3 is 12.4 Å². The summed E-state index contributed by atoms with van der Waals surface area (Å²) in [5, 5.41) is 5.20. The predicted octanol–water partition coefficient (Wildman–Crippen LogP) is 3.69. The fourth-order valence-electron chi connectivity index (χ4n) is 2.82. The maximum atomic E-state index is 12.1. The van der Waals surface area contributed by atoms with E-state index < -0.39 is 12.4 Å². The van der Waals surface area contributed by atoms with E-state index in [1.165, 1.54) is 18.6 Å². The third-order valence-electron chi connectivity index (χ3n) is 4.12. The van der Waals surface area contributed by atoms with Gasteiger partial charge in [-0.2, -0.15) is 0 Å². The number of anilines is 2. The van der Waals surface area contributed by atoms with Crippen molar-refractivity contribution in [1.29, 1.82) is 0 Å². The molecule has 28 heavy (non-hydrogen) atoms. The second kappa shape index (κ2) is 8.77. The Kier molecular flexibility index (Phi) is 6.17. The van der Waals surface area contributed by atoms with Crippen LogP contribution in [-0.4, -0.2) is 35.5 Å². The lowest BCUT2D eigenvalue weighted by atomic mass is 10.1. The monoisotopic (exact) mass is 395 g/mol. The molecule has 1 aliphatic rings. The molecule has 2 aromatic rings. The highest BCUT2D eigenvalue weighted by atomic mass is 19.4. The molecule has 10 heteroatoms. The van der Waals surface area contributed by atoms with Gasteiger partial charge in [0.2, 0.25) is 5.95 Å². The fraction of sp³-hybridized carbons (Fsp3) is 0.389. The molecule has 1 aromatic heterocycles. The van der Waals surface area contributed by atoms with Gasteiger partial charge in [0.25, 0.3) is 0 Å². The van der Waals surface area contributed by atoms with Crippen LogP contribution in [0.1, 0.15) is 25.0 Å². The van der Waals surface area contributed by atoms with Crippen molar-refractivity contribution in [2.75, 3.05) is 23.3 Å². The molecule has 150 valence electrons. The van der Waals surface area contributed by atoms with Crippen LogP contribution in [0.2, 0.25) is 0 Å². The zero-order chi connectivity index (χ0) is 20.0. The van der Waals surface area contributed by atoms with Gasteiger partial charge in [0.1, 0.15) is 5.75 Å². The van der Waals surface area contributed by atoms with Crippen LogP contribution >= 0.6 is 0 Å². The topological polar surface area (TPSA) is 79.4 Å². The minimum absolute atomic E-state index is 0.199. The van der Waals surface area contributed by atoms with Crippen LogP contribution in [-0.2, 0) is 6.54 Å². The van der Waals surface area contributed by atoms with Crippen LogP contribution < -0.4 is 20.3 Å². The molecule has 1 saturated heterocycles. The number of aromatic nitrogens is 2. The molecule has 1 aliphatic heterocycles. The van der Waals surface area contributed by atoms with Gasteiger partial charge in [-0.3, -0.25) is 0 Å². The molecule has 0 saturated carbocycles. The molecule has 1 aromatic carbocycles. The van der Waals surface area contributed by atoms with Gasteiger partial charge in [-0.15, -0.1) is 13.2 Å². The second-order valence-electron chi connectivity index (χ2n) is 6.28. The summed E-state index contributed by atoms with van der Waals surface area (Å²) in [5.74, 6) is 0.296. The second-order valence-corrected chi connectivity index (χ2v) is 6.28. The number of urea groups is 1. The normalized spacial score (nSPS) is 14.5. The molecule has 2 amide bonds. The van der Waals surface area contributed by atoms with Crippen molar-refractivity contribution in [2.45, 2.75) is 32.2 Å². The number of carbonyl (C=O) groups is 1. The van der Waals surface area contributed by atoms with Crippen LogP contribution in [0.4, 0.5) is 29.6 Å². The highest BCUT2D eigenvalue weighted by Gasteiger charge is 2.30. The Morgan fingerprint density at radius 2 is 1.82 bits per heavy atom. The van der Waals surface area contributed by atoms with Crippen molar-refractivity contribution in [3.05, 3.63) is 42.2 Å². The number of ether oxygens (including phenoxy) is 1. The van der Waals surface area contributed by atoms with Crippen molar-refractivity contribution in [3.8, 4) is 5.75 Å². The highest BCUT2D eigenvalue weighted by molar-refractivity contribution is 5.89. The number of halogens is 3. The van der Waals surface area contributed by atoms with E-state index in [-0.39, 0.29) is 12.3 Å². The molecular weight excluding hydrogens is 375 g/mol. The van der Waals surface area contributed by atoms with Crippen molar-refractivity contribution < 1.29 is 22.7 Å². The largest absolute Gasteiger partial charge is 0.573 e. The summed E-state index contributed by atoms with van der Waals surface area (Å²) in [4.78, 5) is 22.9. The summed E-state index contributed by atoms with van der Waals surface area (Å²) in [6.07, 6.45) is 0.339. The number of hydrogen-bond donors (Lipinski definition) is 2. The summed E-state index contributed by atoms with van der Waals surface area (Å²) in [7, 11) is 0. The van der Waals surface area contributed by atoms with E-state index in [0.717, 1.165) is 38.1 Å². The lowest BCUT2D eigenvalue weighted by Gasteiger charge is -2.26. The van der Waals surface area contributed by atoms with Gasteiger partial charge in [0.15, 0.2) is 0 Å². The molecule has 0 radical (unpaired) electrons. The molecule has 2 N–H and O–H groups in total. The standard InChI is InChI=1S/C18H20F3N5O2/c19-18(20,21)28-15-6-4-13(5-7-15)25-17(27)23-12-14-8-9-22-16(24-14)26-10-2-1-3-11-26/h4-9H,1-3,10-12H2,(H2,23,25,27). The van der Waals surface area contributed by atoms with E-state index in [4.69, 9.17) is 0 Å². The summed E-state index contributed by atoms with van der Waals surface area (Å²) in [6, 6.07) is 6.11. The Labute approximate surface area is 159 Å². The van der Waals surface area contributed by atoms with Crippen molar-refractivity contribution >= 4 is 17.7 Å². The number of amides is 2. The first kappa shape index (κ1) is 19.7. The Morgan fingerprint density at radius 3 is 2.50 bits per heavy atom. The SMILES string of the molecule is O=C(NCc1ccnc(N2CCCCC2)n1)Nc1ccc(OC(F)(F)F)cc1. The van der Waals surface area contributed by atoms with Gasteiger partial charge in [-0.1, -0.05) is 0 Å². The van der Waals surface area contributed by atoms with Gasteiger partial charge in [-0.25, -0.2) is 14.8 Å². The first-order chi connectivity index (χ1) is 13.4. The quantitative estimate of drug-likeness (QED) is 0.807. The maximum Gasteiger partial charge on any atom is 0.573 e. The van der Waals surface area contributed by atoms with Gasteiger partial charge in [-0.05, 0) is 49.6 Å². The molecule has 2 heterocycles. The molecule has 0 unspecified atom stereocenters. The third-order valence-corrected chi connectivity index (χ3v) is 4.12. The van der Waals surface area contributed by atoms with E-state index in [1.807, 2.05) is 0 Å². The van der Waals surface area contributed by atoms with Gasteiger partial charge in [0, 0.05) is 25.0 Å². The molecule has 7 nitrogen and oxygen atoms in total. The van der Waals surface area contributed by atoms with Crippen LogP contribution in [0.25, 0.3) is 0 Å². The first-order valence-corrected chi connectivity index (χ1v) is 8.86. The smallest absolute Gasteiger partial charge is 0.406 e. The Hall–Kier alpha value is -3.04. The van der Waals surface area contributed by atoms with E-state index in [9.17, 15) is 18.0 Å². The number of benzene rings is 1. The van der Waals surface area contributed by atoms with Crippen LogP contribution in [0.5, 0.6) is 5.75 Å². The van der Waals surface area contributed by atoms with Crippen molar-refractivity contribution in [1.82, 2.24) is 15.3 Å². The molecule has 3 rings (SSSR count). The van der Waals surface area contributed by atoms with Crippen molar-refractivity contribution in [2.24, 2.45) is 0 Å². The maximum absolute atomic E-state index is 12.1. The molecular formula is C18H20F3N5O2. The van der Waals surface area contributed by atoms with E-state index in [2.05, 4.69) is 30.2 Å². The molecule has 0 aliphatic carbocycles. The third kappa shape index (κ3) is 6.00. The van der Waals surface area contributed by atoms with Crippen molar-refractivity contribution in [3.63, 3.8) is 0 Å².